The van der Waals surface area contributed by atoms with Crippen LogP contribution in [0.2, 0.25) is 0 Å². The summed E-state index contributed by atoms with van der Waals surface area (Å²) in [5.41, 5.74) is 2.94. The quantitative estimate of drug-likeness (QED) is 0.535. The number of benzene rings is 3. The molecule has 0 aliphatic rings. The summed E-state index contributed by atoms with van der Waals surface area (Å²) in [7, 11) is 0. The number of aryl methyl sites for hydroxylation is 1. The molecule has 0 aliphatic heterocycles. The van der Waals surface area contributed by atoms with Crippen LogP contribution < -0.4 is 0 Å². The van der Waals surface area contributed by atoms with E-state index in [4.69, 9.17) is 0 Å². The van der Waals surface area contributed by atoms with E-state index in [1.807, 2.05) is 49.4 Å². The molecule has 0 spiro atoms. The van der Waals surface area contributed by atoms with Gasteiger partial charge in [-0.05, 0) is 51.3 Å². The maximum absolute atomic E-state index is 10.3. The highest BCUT2D eigenvalue weighted by molar-refractivity contribution is 9.11. The largest absolute Gasteiger partial charge is 0.506 e. The molecular formula is C18H11Br2NO. The molecule has 3 rings (SSSR count). The van der Waals surface area contributed by atoms with Gasteiger partial charge in [0.15, 0.2) is 0 Å². The van der Waals surface area contributed by atoms with Crippen LogP contribution in [0.4, 0.5) is 0 Å². The third-order valence-electron chi connectivity index (χ3n) is 3.68. The van der Waals surface area contributed by atoms with Crippen LogP contribution in [0.15, 0.2) is 51.4 Å². The lowest BCUT2D eigenvalue weighted by molar-refractivity contribution is 0.468. The molecule has 0 unspecified atom stereocenters. The Morgan fingerprint density at radius 2 is 1.77 bits per heavy atom. The summed E-state index contributed by atoms with van der Waals surface area (Å²) in [5, 5.41) is 21.8. The monoisotopic (exact) mass is 415 g/mol. The minimum Gasteiger partial charge on any atom is -0.506 e. The summed E-state index contributed by atoms with van der Waals surface area (Å²) in [4.78, 5) is 0. The lowest BCUT2D eigenvalue weighted by atomic mass is 9.93. The number of nitrogens with zero attached hydrogens (tertiary/aromatic N) is 1. The van der Waals surface area contributed by atoms with Crippen molar-refractivity contribution >= 4 is 42.6 Å². The highest BCUT2D eigenvalue weighted by atomic mass is 79.9. The molecule has 0 radical (unpaired) electrons. The van der Waals surface area contributed by atoms with Gasteiger partial charge >= 0.3 is 0 Å². The van der Waals surface area contributed by atoms with Crippen molar-refractivity contribution in [3.8, 4) is 22.9 Å². The molecule has 4 heteroatoms. The number of hydrogen-bond acceptors (Lipinski definition) is 2. The van der Waals surface area contributed by atoms with Crippen LogP contribution >= 0.6 is 31.9 Å². The van der Waals surface area contributed by atoms with Crippen molar-refractivity contribution in [1.29, 1.82) is 5.26 Å². The lowest BCUT2D eigenvalue weighted by Gasteiger charge is -2.15. The maximum atomic E-state index is 10.3. The van der Waals surface area contributed by atoms with Gasteiger partial charge in [0.1, 0.15) is 5.75 Å². The van der Waals surface area contributed by atoms with Gasteiger partial charge in [-0.1, -0.05) is 46.3 Å². The second kappa shape index (κ2) is 5.75. The number of fused-ring (bicyclic) bond motifs is 1. The lowest BCUT2D eigenvalue weighted by Crippen LogP contribution is -1.92. The second-order valence-electron chi connectivity index (χ2n) is 5.03. The fraction of sp³-hybridized carbons (Fsp3) is 0.0556. The SMILES string of the molecule is Cc1cc(Br)c(-c2c(C#N)ccc3ccccc23)c(Br)c1O. The summed E-state index contributed by atoms with van der Waals surface area (Å²) >= 11 is 7.05. The van der Waals surface area contributed by atoms with E-state index in [1.54, 1.807) is 0 Å². The Labute approximate surface area is 145 Å². The topological polar surface area (TPSA) is 44.0 Å². The van der Waals surface area contributed by atoms with Crippen molar-refractivity contribution in [2.24, 2.45) is 0 Å². The van der Waals surface area contributed by atoms with Crippen LogP contribution in [-0.2, 0) is 0 Å². The molecule has 0 aromatic heterocycles. The van der Waals surface area contributed by atoms with Crippen molar-refractivity contribution in [1.82, 2.24) is 0 Å². The predicted molar refractivity (Wildman–Crippen MR) is 95.9 cm³/mol. The normalized spacial score (nSPS) is 10.6. The fourth-order valence-corrected chi connectivity index (χ4v) is 4.32. The molecular weight excluding hydrogens is 406 g/mol. The smallest absolute Gasteiger partial charge is 0.133 e. The standard InChI is InChI=1S/C18H11Br2NO/c1-10-8-14(19)16(17(20)18(10)22)15-12(9-21)7-6-11-4-2-3-5-13(11)15/h2-8,22H,1H3. The number of aromatic hydroxyl groups is 1. The van der Waals surface area contributed by atoms with Gasteiger partial charge in [0.2, 0.25) is 0 Å². The Bertz CT molecular complexity index is 942. The third kappa shape index (κ3) is 2.31. The zero-order valence-electron chi connectivity index (χ0n) is 11.7. The fourth-order valence-electron chi connectivity index (χ4n) is 2.59. The Balaban J connectivity index is 2.51. The van der Waals surface area contributed by atoms with Gasteiger partial charge in [0.25, 0.3) is 0 Å². The van der Waals surface area contributed by atoms with Crippen molar-refractivity contribution in [2.45, 2.75) is 6.92 Å². The van der Waals surface area contributed by atoms with Crippen molar-refractivity contribution in [3.63, 3.8) is 0 Å². The molecule has 0 saturated carbocycles. The number of nitriles is 1. The molecule has 0 heterocycles. The van der Waals surface area contributed by atoms with E-state index in [0.29, 0.717) is 10.0 Å². The van der Waals surface area contributed by atoms with Gasteiger partial charge in [-0.15, -0.1) is 0 Å². The van der Waals surface area contributed by atoms with E-state index >= 15 is 0 Å². The molecule has 1 N–H and O–H groups in total. The van der Waals surface area contributed by atoms with Gasteiger partial charge in [0, 0.05) is 15.6 Å². The minimum absolute atomic E-state index is 0.190. The number of hydrogen-bond donors (Lipinski definition) is 1. The Morgan fingerprint density at radius 1 is 1.05 bits per heavy atom. The molecule has 0 amide bonds. The van der Waals surface area contributed by atoms with E-state index in [1.165, 1.54) is 0 Å². The van der Waals surface area contributed by atoms with Gasteiger partial charge in [-0.25, -0.2) is 0 Å². The summed E-state index contributed by atoms with van der Waals surface area (Å²) in [6.45, 7) is 1.84. The van der Waals surface area contributed by atoms with Crippen molar-refractivity contribution in [3.05, 3.63) is 62.5 Å². The summed E-state index contributed by atoms with van der Waals surface area (Å²) in [6.07, 6.45) is 0. The van der Waals surface area contributed by atoms with Crippen LogP contribution in [-0.4, -0.2) is 5.11 Å². The number of rotatable bonds is 1. The zero-order chi connectivity index (χ0) is 15.9. The average molecular weight is 417 g/mol. The molecule has 0 fully saturated rings. The predicted octanol–water partition coefficient (Wildman–Crippen LogP) is 5.92. The first-order valence-electron chi connectivity index (χ1n) is 6.64. The first kappa shape index (κ1) is 15.1. The summed E-state index contributed by atoms with van der Waals surface area (Å²) < 4.78 is 1.43. The molecule has 0 aliphatic carbocycles. The molecule has 0 saturated heterocycles. The van der Waals surface area contributed by atoms with Crippen LogP contribution in [0.3, 0.4) is 0 Å². The van der Waals surface area contributed by atoms with Crippen LogP contribution in [0.25, 0.3) is 21.9 Å². The van der Waals surface area contributed by atoms with Gasteiger partial charge in [-0.2, -0.15) is 5.26 Å². The Kier molecular flexibility index (Phi) is 3.94. The van der Waals surface area contributed by atoms with Gasteiger partial charge < -0.3 is 5.11 Å². The van der Waals surface area contributed by atoms with Crippen LogP contribution in [0, 0.1) is 18.3 Å². The number of phenolic OH excluding ortho intramolecular Hbond substituents is 1. The number of halogens is 2. The third-order valence-corrected chi connectivity index (χ3v) is 5.08. The van der Waals surface area contributed by atoms with Crippen LogP contribution in [0.1, 0.15) is 11.1 Å². The van der Waals surface area contributed by atoms with Crippen molar-refractivity contribution < 1.29 is 5.11 Å². The van der Waals surface area contributed by atoms with Crippen molar-refractivity contribution in [2.75, 3.05) is 0 Å². The second-order valence-corrected chi connectivity index (χ2v) is 6.68. The first-order chi connectivity index (χ1) is 10.5. The highest BCUT2D eigenvalue weighted by Crippen LogP contribution is 2.45. The van der Waals surface area contributed by atoms with E-state index in [2.05, 4.69) is 37.9 Å². The zero-order valence-corrected chi connectivity index (χ0v) is 14.9. The molecule has 22 heavy (non-hydrogen) atoms. The average Bonchev–Trinajstić information content (AvgIpc) is 2.53. The Morgan fingerprint density at radius 3 is 2.50 bits per heavy atom. The highest BCUT2D eigenvalue weighted by Gasteiger charge is 2.19. The van der Waals surface area contributed by atoms with E-state index in [0.717, 1.165) is 31.9 Å². The van der Waals surface area contributed by atoms with Gasteiger partial charge in [-0.3, -0.25) is 0 Å². The van der Waals surface area contributed by atoms with E-state index in [9.17, 15) is 10.4 Å². The van der Waals surface area contributed by atoms with Crippen LogP contribution in [0.5, 0.6) is 5.75 Å². The molecule has 0 atom stereocenters. The first-order valence-corrected chi connectivity index (χ1v) is 8.23. The van der Waals surface area contributed by atoms with E-state index in [-0.39, 0.29) is 5.75 Å². The molecule has 2 nitrogen and oxygen atoms in total. The molecule has 3 aromatic carbocycles. The molecule has 108 valence electrons. The minimum atomic E-state index is 0.190. The summed E-state index contributed by atoms with van der Waals surface area (Å²) in [6, 6.07) is 15.8. The number of phenols is 1. The van der Waals surface area contributed by atoms with Gasteiger partial charge in [0.05, 0.1) is 16.1 Å². The summed E-state index contributed by atoms with van der Waals surface area (Å²) in [5.74, 6) is 0.190. The maximum Gasteiger partial charge on any atom is 0.133 e. The van der Waals surface area contributed by atoms with E-state index < -0.39 is 0 Å². The molecule has 3 aromatic rings. The Hall–Kier alpha value is -1.83. The molecule has 0 bridgehead atoms.